The van der Waals surface area contributed by atoms with E-state index in [4.69, 9.17) is 16.7 Å². The zero-order chi connectivity index (χ0) is 17.3. The van der Waals surface area contributed by atoms with Crippen LogP contribution in [0.25, 0.3) is 0 Å². The number of rotatable bonds is 2. The van der Waals surface area contributed by atoms with Crippen LogP contribution in [-0.4, -0.2) is 14.8 Å². The van der Waals surface area contributed by atoms with Crippen LogP contribution in [0.15, 0.2) is 24.3 Å². The first kappa shape index (κ1) is 15.7. The van der Waals surface area contributed by atoms with E-state index in [1.54, 1.807) is 0 Å². The number of fused-ring (bicyclic) bond motifs is 1. The summed E-state index contributed by atoms with van der Waals surface area (Å²) in [6.07, 6.45) is 10.7. The summed E-state index contributed by atoms with van der Waals surface area (Å²) < 4.78 is 2.52. The fourth-order valence-corrected chi connectivity index (χ4v) is 7.24. The lowest BCUT2D eigenvalue weighted by atomic mass is 9.49. The second-order valence-electron chi connectivity index (χ2n) is 9.54. The Bertz CT molecular complexity index is 802. The predicted molar refractivity (Wildman–Crippen MR) is 102 cm³/mol. The van der Waals surface area contributed by atoms with Gasteiger partial charge in [-0.3, -0.25) is 0 Å². The Labute approximate surface area is 160 Å². The van der Waals surface area contributed by atoms with Crippen molar-refractivity contribution in [1.29, 1.82) is 0 Å². The van der Waals surface area contributed by atoms with Crippen LogP contribution in [0.1, 0.15) is 68.1 Å². The van der Waals surface area contributed by atoms with Gasteiger partial charge in [0.15, 0.2) is 0 Å². The van der Waals surface area contributed by atoms with E-state index in [1.165, 1.54) is 62.2 Å². The molecule has 1 aromatic heterocycles. The number of aromatic nitrogens is 3. The van der Waals surface area contributed by atoms with Crippen molar-refractivity contribution in [2.24, 2.45) is 17.8 Å². The lowest BCUT2D eigenvalue weighted by Crippen LogP contribution is -2.50. The topological polar surface area (TPSA) is 30.7 Å². The van der Waals surface area contributed by atoms with E-state index in [-0.39, 0.29) is 0 Å². The molecule has 4 fully saturated rings. The zero-order valence-electron chi connectivity index (χ0n) is 15.2. The van der Waals surface area contributed by atoms with Crippen LogP contribution < -0.4 is 0 Å². The second-order valence-corrected chi connectivity index (χ2v) is 9.97. The molecule has 0 radical (unpaired) electrons. The van der Waals surface area contributed by atoms with E-state index < -0.39 is 0 Å². The number of aryl methyl sites for hydroxylation is 1. The second kappa shape index (κ2) is 5.58. The van der Waals surface area contributed by atoms with Crippen LogP contribution in [0.3, 0.4) is 0 Å². The number of benzene rings is 1. The van der Waals surface area contributed by atoms with Crippen LogP contribution in [0.4, 0.5) is 0 Å². The van der Waals surface area contributed by atoms with Gasteiger partial charge in [0, 0.05) is 29.3 Å². The standard InChI is InChI=1S/C22H26ClN3/c23-19-4-1-17(2-5-19)18-3-6-20-24-25-21(26(20)13-18)22-10-14-7-15(11-22)9-16(8-14)12-22/h1-2,4-5,14-16,18H,3,6-13H2. The molecule has 1 aliphatic heterocycles. The average molecular weight is 368 g/mol. The van der Waals surface area contributed by atoms with Crippen molar-refractivity contribution in [3.8, 4) is 0 Å². The zero-order valence-corrected chi connectivity index (χ0v) is 16.0. The first-order valence-corrected chi connectivity index (χ1v) is 10.7. The van der Waals surface area contributed by atoms with Gasteiger partial charge in [-0.25, -0.2) is 0 Å². The lowest BCUT2D eigenvalue weighted by molar-refractivity contribution is -0.0115. The average Bonchev–Trinajstić information content (AvgIpc) is 3.05. The Morgan fingerprint density at radius 1 is 0.923 bits per heavy atom. The monoisotopic (exact) mass is 367 g/mol. The molecule has 5 aliphatic rings. The fraction of sp³-hybridized carbons (Fsp3) is 0.636. The number of halogens is 1. The van der Waals surface area contributed by atoms with Crippen LogP contribution in [-0.2, 0) is 18.4 Å². The highest BCUT2D eigenvalue weighted by molar-refractivity contribution is 6.30. The lowest BCUT2D eigenvalue weighted by Gasteiger charge is -2.56. The van der Waals surface area contributed by atoms with Gasteiger partial charge < -0.3 is 4.57 Å². The largest absolute Gasteiger partial charge is 0.314 e. The van der Waals surface area contributed by atoms with Gasteiger partial charge in [-0.05, 0) is 80.4 Å². The van der Waals surface area contributed by atoms with E-state index in [1.807, 2.05) is 12.1 Å². The van der Waals surface area contributed by atoms with E-state index in [9.17, 15) is 0 Å². The minimum atomic E-state index is 0.335. The maximum atomic E-state index is 6.09. The van der Waals surface area contributed by atoms with Crippen molar-refractivity contribution in [2.45, 2.75) is 69.2 Å². The summed E-state index contributed by atoms with van der Waals surface area (Å²) in [4.78, 5) is 0. The third kappa shape index (κ3) is 2.32. The van der Waals surface area contributed by atoms with Gasteiger partial charge in [0.1, 0.15) is 11.6 Å². The Morgan fingerprint density at radius 3 is 2.23 bits per heavy atom. The van der Waals surface area contributed by atoms with E-state index in [0.29, 0.717) is 11.3 Å². The quantitative estimate of drug-likeness (QED) is 0.736. The molecule has 136 valence electrons. The molecule has 2 heterocycles. The molecule has 0 N–H and O–H groups in total. The van der Waals surface area contributed by atoms with Crippen LogP contribution in [0.5, 0.6) is 0 Å². The molecule has 4 heteroatoms. The van der Waals surface area contributed by atoms with Crippen molar-refractivity contribution in [3.63, 3.8) is 0 Å². The molecule has 1 atom stereocenters. The minimum Gasteiger partial charge on any atom is -0.314 e. The summed E-state index contributed by atoms with van der Waals surface area (Å²) in [5.74, 6) is 5.97. The number of hydrogen-bond donors (Lipinski definition) is 0. The van der Waals surface area contributed by atoms with Gasteiger partial charge in [0.05, 0.1) is 0 Å². The van der Waals surface area contributed by atoms with Crippen LogP contribution >= 0.6 is 11.6 Å². The Morgan fingerprint density at radius 2 is 1.58 bits per heavy atom. The molecule has 1 aromatic carbocycles. The normalized spacial score (nSPS) is 37.7. The summed E-state index contributed by atoms with van der Waals surface area (Å²) in [6, 6.07) is 8.45. The maximum absolute atomic E-state index is 6.09. The summed E-state index contributed by atoms with van der Waals surface area (Å²) in [5.41, 5.74) is 1.74. The SMILES string of the molecule is Clc1ccc(C2CCc3nnc(C45CC6CC(CC(C6)C4)C5)n3C2)cc1. The number of hydrogen-bond acceptors (Lipinski definition) is 2. The Balaban J connectivity index is 1.35. The van der Waals surface area contributed by atoms with Gasteiger partial charge in [-0.2, -0.15) is 0 Å². The maximum Gasteiger partial charge on any atom is 0.139 e. The highest BCUT2D eigenvalue weighted by Gasteiger charge is 2.54. The third-order valence-corrected chi connectivity index (χ3v) is 8.05. The van der Waals surface area contributed by atoms with Gasteiger partial charge in [-0.15, -0.1) is 10.2 Å². The van der Waals surface area contributed by atoms with Crippen LogP contribution in [0, 0.1) is 17.8 Å². The molecule has 4 saturated carbocycles. The van der Waals surface area contributed by atoms with Gasteiger partial charge in [0.2, 0.25) is 0 Å². The number of nitrogens with zero attached hydrogens (tertiary/aromatic N) is 3. The van der Waals surface area contributed by atoms with Crippen molar-refractivity contribution in [3.05, 3.63) is 46.5 Å². The Hall–Kier alpha value is -1.35. The van der Waals surface area contributed by atoms with Crippen molar-refractivity contribution < 1.29 is 0 Å². The molecule has 4 bridgehead atoms. The molecule has 1 unspecified atom stereocenters. The highest BCUT2D eigenvalue weighted by atomic mass is 35.5. The summed E-state index contributed by atoms with van der Waals surface area (Å²) >= 11 is 6.09. The summed E-state index contributed by atoms with van der Waals surface area (Å²) in [5, 5.41) is 10.3. The molecule has 26 heavy (non-hydrogen) atoms. The summed E-state index contributed by atoms with van der Waals surface area (Å²) in [6.45, 7) is 1.04. The molecule has 7 rings (SSSR count). The molecule has 4 aliphatic carbocycles. The predicted octanol–water partition coefficient (Wildman–Crippen LogP) is 5.13. The highest BCUT2D eigenvalue weighted by Crippen LogP contribution is 2.60. The minimum absolute atomic E-state index is 0.335. The molecule has 0 spiro atoms. The van der Waals surface area contributed by atoms with Crippen LogP contribution in [0.2, 0.25) is 5.02 Å². The molecular weight excluding hydrogens is 342 g/mol. The molecule has 0 amide bonds. The van der Waals surface area contributed by atoms with E-state index in [0.717, 1.165) is 35.7 Å². The van der Waals surface area contributed by atoms with Gasteiger partial charge in [-0.1, -0.05) is 23.7 Å². The summed E-state index contributed by atoms with van der Waals surface area (Å²) in [7, 11) is 0. The van der Waals surface area contributed by atoms with Gasteiger partial charge in [0.25, 0.3) is 0 Å². The fourth-order valence-electron chi connectivity index (χ4n) is 7.11. The van der Waals surface area contributed by atoms with Crippen molar-refractivity contribution in [2.75, 3.05) is 0 Å². The first-order valence-electron chi connectivity index (χ1n) is 10.4. The van der Waals surface area contributed by atoms with Crippen molar-refractivity contribution in [1.82, 2.24) is 14.8 Å². The van der Waals surface area contributed by atoms with Crippen molar-refractivity contribution >= 4 is 11.6 Å². The third-order valence-electron chi connectivity index (χ3n) is 7.80. The molecule has 2 aromatic rings. The van der Waals surface area contributed by atoms with E-state index in [2.05, 4.69) is 21.8 Å². The molecule has 0 saturated heterocycles. The van der Waals surface area contributed by atoms with E-state index >= 15 is 0 Å². The first-order chi connectivity index (χ1) is 12.7. The van der Waals surface area contributed by atoms with Gasteiger partial charge >= 0.3 is 0 Å². The smallest absolute Gasteiger partial charge is 0.139 e. The Kier molecular flexibility index (Phi) is 3.36. The molecule has 3 nitrogen and oxygen atoms in total. The molecular formula is C22H26ClN3.